The van der Waals surface area contributed by atoms with Gasteiger partial charge in [0.15, 0.2) is 0 Å². The fourth-order valence-electron chi connectivity index (χ4n) is 1.14. The molecule has 3 nitrogen and oxygen atoms in total. The maximum Gasteiger partial charge on any atom is 0.316 e. The molecule has 0 aromatic carbocycles. The molecule has 14 heavy (non-hydrogen) atoms. The van der Waals surface area contributed by atoms with Crippen molar-refractivity contribution < 1.29 is 14.7 Å². The average molecular weight is 200 g/mol. The molecule has 0 amide bonds. The van der Waals surface area contributed by atoms with Crippen molar-refractivity contribution in [1.82, 2.24) is 0 Å². The number of carbonyl (C=O) groups is 2. The van der Waals surface area contributed by atoms with Gasteiger partial charge in [0.25, 0.3) is 0 Å². The average Bonchev–Trinajstić information content (AvgIpc) is 2.11. The van der Waals surface area contributed by atoms with Crippen molar-refractivity contribution in [2.24, 2.45) is 5.41 Å². The monoisotopic (exact) mass is 200 g/mol. The molecule has 0 spiro atoms. The molecule has 0 aliphatic rings. The summed E-state index contributed by atoms with van der Waals surface area (Å²) in [4.78, 5) is 22.2. The van der Waals surface area contributed by atoms with Gasteiger partial charge >= 0.3 is 5.97 Å². The number of ketones is 1. The van der Waals surface area contributed by atoms with Crippen LogP contribution in [0.15, 0.2) is 0 Å². The van der Waals surface area contributed by atoms with Crippen LogP contribution in [0.1, 0.15) is 52.9 Å². The Kier molecular flexibility index (Phi) is 5.43. The quantitative estimate of drug-likeness (QED) is 0.507. The molecule has 0 unspecified atom stereocenters. The predicted octanol–water partition coefficient (Wildman–Crippen LogP) is 2.64. The summed E-state index contributed by atoms with van der Waals surface area (Å²) in [7, 11) is 0. The second-order valence-electron chi connectivity index (χ2n) is 4.16. The number of carboxylic acids is 1. The van der Waals surface area contributed by atoms with E-state index in [0.29, 0.717) is 6.42 Å². The molecule has 0 aromatic heterocycles. The summed E-state index contributed by atoms with van der Waals surface area (Å²) >= 11 is 0. The molecule has 0 saturated heterocycles. The third kappa shape index (κ3) is 3.90. The molecule has 0 heterocycles. The van der Waals surface area contributed by atoms with Crippen molar-refractivity contribution in [2.75, 3.05) is 0 Å². The summed E-state index contributed by atoms with van der Waals surface area (Å²) in [5.74, 6) is -1.20. The van der Waals surface area contributed by atoms with Gasteiger partial charge < -0.3 is 5.11 Å². The van der Waals surface area contributed by atoms with Gasteiger partial charge in [-0.15, -0.1) is 0 Å². The minimum Gasteiger partial charge on any atom is -0.481 e. The van der Waals surface area contributed by atoms with Gasteiger partial charge in [-0.05, 0) is 20.3 Å². The van der Waals surface area contributed by atoms with Crippen LogP contribution in [0.4, 0.5) is 0 Å². The second kappa shape index (κ2) is 5.78. The highest BCUT2D eigenvalue weighted by molar-refractivity contribution is 6.02. The number of hydrogen-bond acceptors (Lipinski definition) is 2. The van der Waals surface area contributed by atoms with Gasteiger partial charge in [-0.1, -0.05) is 26.2 Å². The number of hydrogen-bond donors (Lipinski definition) is 1. The van der Waals surface area contributed by atoms with Crippen LogP contribution >= 0.6 is 0 Å². The molecular formula is C11H20O3. The molecule has 0 rings (SSSR count). The molecule has 82 valence electrons. The Balaban J connectivity index is 3.90. The SMILES string of the molecule is CCCCCCC(=O)C(C)(C)C(=O)O. The van der Waals surface area contributed by atoms with Crippen molar-refractivity contribution in [3.05, 3.63) is 0 Å². The van der Waals surface area contributed by atoms with E-state index in [9.17, 15) is 9.59 Å². The maximum atomic E-state index is 11.5. The first-order valence-electron chi connectivity index (χ1n) is 5.19. The zero-order valence-electron chi connectivity index (χ0n) is 9.30. The highest BCUT2D eigenvalue weighted by Crippen LogP contribution is 2.20. The van der Waals surface area contributed by atoms with Crippen molar-refractivity contribution in [1.29, 1.82) is 0 Å². The van der Waals surface area contributed by atoms with Gasteiger partial charge in [0.05, 0.1) is 0 Å². The van der Waals surface area contributed by atoms with Crippen molar-refractivity contribution in [2.45, 2.75) is 52.9 Å². The van der Waals surface area contributed by atoms with Crippen LogP contribution in [0.25, 0.3) is 0 Å². The summed E-state index contributed by atoms with van der Waals surface area (Å²) in [6, 6.07) is 0. The molecule has 0 fully saturated rings. The second-order valence-corrected chi connectivity index (χ2v) is 4.16. The standard InChI is InChI=1S/C11H20O3/c1-4-5-6-7-8-9(12)11(2,3)10(13)14/h4-8H2,1-3H3,(H,13,14). The lowest BCUT2D eigenvalue weighted by Gasteiger charge is -2.16. The molecule has 1 N–H and O–H groups in total. The molecule has 0 aliphatic carbocycles. The van der Waals surface area contributed by atoms with E-state index in [1.807, 2.05) is 0 Å². The molecular weight excluding hydrogens is 180 g/mol. The zero-order valence-corrected chi connectivity index (χ0v) is 9.30. The predicted molar refractivity (Wildman–Crippen MR) is 55.2 cm³/mol. The molecule has 0 bridgehead atoms. The Morgan fingerprint density at radius 2 is 1.71 bits per heavy atom. The van der Waals surface area contributed by atoms with E-state index in [-0.39, 0.29) is 5.78 Å². The van der Waals surface area contributed by atoms with Gasteiger partial charge in [-0.3, -0.25) is 9.59 Å². The molecule has 0 atom stereocenters. The minimum atomic E-state index is -1.22. The molecule has 0 radical (unpaired) electrons. The number of aliphatic carboxylic acids is 1. The van der Waals surface area contributed by atoms with Crippen LogP contribution in [-0.4, -0.2) is 16.9 Å². The lowest BCUT2D eigenvalue weighted by atomic mass is 9.85. The lowest BCUT2D eigenvalue weighted by molar-refractivity contribution is -0.152. The van der Waals surface area contributed by atoms with E-state index in [1.54, 1.807) is 0 Å². The number of carboxylic acid groups (broad SMARTS) is 1. The fraction of sp³-hybridized carbons (Fsp3) is 0.818. The van der Waals surface area contributed by atoms with Gasteiger partial charge in [0.2, 0.25) is 0 Å². The van der Waals surface area contributed by atoms with Crippen molar-refractivity contribution in [3.63, 3.8) is 0 Å². The van der Waals surface area contributed by atoms with Crippen LogP contribution in [0.5, 0.6) is 0 Å². The maximum absolute atomic E-state index is 11.5. The summed E-state index contributed by atoms with van der Waals surface area (Å²) < 4.78 is 0. The van der Waals surface area contributed by atoms with Crippen LogP contribution in [0.2, 0.25) is 0 Å². The van der Waals surface area contributed by atoms with Gasteiger partial charge in [0.1, 0.15) is 11.2 Å². The zero-order chi connectivity index (χ0) is 11.2. The number of unbranched alkanes of at least 4 members (excludes halogenated alkanes) is 3. The Labute approximate surface area is 85.5 Å². The van der Waals surface area contributed by atoms with Gasteiger partial charge in [0, 0.05) is 6.42 Å². The molecule has 3 heteroatoms. The largest absolute Gasteiger partial charge is 0.481 e. The lowest BCUT2D eigenvalue weighted by Crippen LogP contribution is -2.33. The topological polar surface area (TPSA) is 54.4 Å². The number of rotatable bonds is 7. The van der Waals surface area contributed by atoms with Gasteiger partial charge in [-0.2, -0.15) is 0 Å². The minimum absolute atomic E-state index is 0.166. The summed E-state index contributed by atoms with van der Waals surface area (Å²) in [6.45, 7) is 5.04. The first-order chi connectivity index (χ1) is 6.42. The Morgan fingerprint density at radius 1 is 1.14 bits per heavy atom. The molecule has 0 saturated carbocycles. The van der Waals surface area contributed by atoms with Gasteiger partial charge in [-0.25, -0.2) is 0 Å². The van der Waals surface area contributed by atoms with E-state index >= 15 is 0 Å². The molecule has 0 aromatic rings. The van der Waals surface area contributed by atoms with Crippen LogP contribution < -0.4 is 0 Å². The van der Waals surface area contributed by atoms with Crippen LogP contribution in [0, 0.1) is 5.41 Å². The Bertz CT molecular complexity index is 207. The highest BCUT2D eigenvalue weighted by Gasteiger charge is 2.34. The van der Waals surface area contributed by atoms with Crippen LogP contribution in [-0.2, 0) is 9.59 Å². The Morgan fingerprint density at radius 3 is 2.14 bits per heavy atom. The third-order valence-electron chi connectivity index (χ3n) is 2.49. The summed E-state index contributed by atoms with van der Waals surface area (Å²) in [5.41, 5.74) is -1.22. The molecule has 0 aliphatic heterocycles. The van der Waals surface area contributed by atoms with E-state index in [2.05, 4.69) is 6.92 Å². The highest BCUT2D eigenvalue weighted by atomic mass is 16.4. The van der Waals surface area contributed by atoms with Crippen LogP contribution in [0.3, 0.4) is 0 Å². The van der Waals surface area contributed by atoms with E-state index in [4.69, 9.17) is 5.11 Å². The summed E-state index contributed by atoms with van der Waals surface area (Å²) in [5, 5.41) is 8.79. The van der Waals surface area contributed by atoms with E-state index in [1.165, 1.54) is 13.8 Å². The van der Waals surface area contributed by atoms with Crippen molar-refractivity contribution >= 4 is 11.8 Å². The first-order valence-corrected chi connectivity index (χ1v) is 5.19. The van der Waals surface area contributed by atoms with E-state index < -0.39 is 11.4 Å². The normalized spacial score (nSPS) is 11.4. The number of Topliss-reactive ketones (excluding diaryl/α,β-unsaturated/α-hetero) is 1. The van der Waals surface area contributed by atoms with E-state index in [0.717, 1.165) is 25.7 Å². The number of carbonyl (C=O) groups excluding carboxylic acids is 1. The smallest absolute Gasteiger partial charge is 0.316 e. The third-order valence-corrected chi connectivity index (χ3v) is 2.49. The fourth-order valence-corrected chi connectivity index (χ4v) is 1.14. The first kappa shape index (κ1) is 13.1. The Hall–Kier alpha value is -0.860. The van der Waals surface area contributed by atoms with Crippen molar-refractivity contribution in [3.8, 4) is 0 Å². The summed E-state index contributed by atoms with van der Waals surface area (Å²) in [6.07, 6.45) is 4.44.